The maximum absolute atomic E-state index is 12.2. The number of esters is 1. The summed E-state index contributed by atoms with van der Waals surface area (Å²) in [5, 5.41) is 2.88. The molecule has 0 amide bonds. The summed E-state index contributed by atoms with van der Waals surface area (Å²) < 4.78 is 13.7. The van der Waals surface area contributed by atoms with Crippen molar-refractivity contribution in [2.75, 3.05) is 23.8 Å². The van der Waals surface area contributed by atoms with Gasteiger partial charge in [-0.2, -0.15) is 0 Å². The summed E-state index contributed by atoms with van der Waals surface area (Å²) in [7, 11) is 3.09. The molecule has 4 rings (SSSR count). The minimum atomic E-state index is -0.239. The van der Waals surface area contributed by atoms with Crippen LogP contribution in [0.25, 0.3) is 10.8 Å². The topological polar surface area (TPSA) is 50.8 Å². The monoisotopic (exact) mass is 520 g/mol. The van der Waals surface area contributed by atoms with Crippen LogP contribution >= 0.6 is 23.5 Å². The van der Waals surface area contributed by atoms with Crippen molar-refractivity contribution >= 4 is 51.7 Å². The average Bonchev–Trinajstić information content (AvgIpc) is 2.90. The van der Waals surface area contributed by atoms with E-state index in [9.17, 15) is 4.79 Å². The van der Waals surface area contributed by atoms with E-state index in [1.165, 1.54) is 7.11 Å². The zero-order valence-corrected chi connectivity index (χ0v) is 22.1. The molecule has 0 aromatic heterocycles. The van der Waals surface area contributed by atoms with E-state index in [-0.39, 0.29) is 18.4 Å². The Morgan fingerprint density at radius 3 is 2.42 bits per heavy atom. The van der Waals surface area contributed by atoms with Crippen molar-refractivity contribution in [3.8, 4) is 5.75 Å². The number of hydrogen-bond donors (Lipinski definition) is 1. The normalized spacial score (nSPS) is 11.7. The second-order valence-electron chi connectivity index (χ2n) is 8.44. The number of benzene rings is 4. The lowest BCUT2D eigenvalue weighted by atomic mass is 10.0. The lowest BCUT2D eigenvalue weighted by molar-refractivity contribution is -0.140. The van der Waals surface area contributed by atoms with Crippen LogP contribution in [0.3, 0.4) is 0 Å². The summed E-state index contributed by atoms with van der Waals surface area (Å²) in [5.74, 6) is 0.590. The molecule has 4 aromatic rings. The number of fused-ring (bicyclic) bond motifs is 1. The van der Waals surface area contributed by atoms with Crippen LogP contribution in [0.15, 0.2) is 89.8 Å². The summed E-state index contributed by atoms with van der Waals surface area (Å²) >= 11 is 7.82. The molecular weight excluding hydrogens is 492 g/mol. The average molecular weight is 521 g/mol. The SMILES string of the molecule is COC(=O)C[C@H](C)N(Cc1cccc(Cl)c1)c1ccc(NSc2ccc(OC)cc2)c2ccccc12. The van der Waals surface area contributed by atoms with E-state index in [4.69, 9.17) is 21.1 Å². The Labute approximate surface area is 221 Å². The van der Waals surface area contributed by atoms with Crippen LogP contribution in [0.1, 0.15) is 18.9 Å². The van der Waals surface area contributed by atoms with E-state index >= 15 is 0 Å². The third kappa shape index (κ3) is 6.25. The van der Waals surface area contributed by atoms with E-state index in [1.807, 2.05) is 67.6 Å². The third-order valence-electron chi connectivity index (χ3n) is 6.01. The number of carbonyl (C=O) groups is 1. The first-order chi connectivity index (χ1) is 17.5. The number of halogens is 1. The fourth-order valence-electron chi connectivity index (χ4n) is 4.13. The highest BCUT2D eigenvalue weighted by atomic mass is 35.5. The standard InChI is InChI=1S/C29H29ClN2O3S/c1-20(17-29(33)35-3)32(19-21-7-6-8-22(30)18-21)28-16-15-27(25-9-4-5-10-26(25)28)31-36-24-13-11-23(34-2)12-14-24/h4-16,18,20,31H,17,19H2,1-3H3/t20-/m0/s1. The van der Waals surface area contributed by atoms with Crippen molar-refractivity contribution in [1.82, 2.24) is 0 Å². The maximum Gasteiger partial charge on any atom is 0.307 e. The van der Waals surface area contributed by atoms with Gasteiger partial charge >= 0.3 is 5.97 Å². The van der Waals surface area contributed by atoms with E-state index in [2.05, 4.69) is 33.9 Å². The first-order valence-corrected chi connectivity index (χ1v) is 12.8. The van der Waals surface area contributed by atoms with Gasteiger partial charge in [-0.25, -0.2) is 0 Å². The van der Waals surface area contributed by atoms with Gasteiger partial charge in [0.05, 0.1) is 26.3 Å². The van der Waals surface area contributed by atoms with Gasteiger partial charge in [0.25, 0.3) is 0 Å². The van der Waals surface area contributed by atoms with Crippen molar-refractivity contribution < 1.29 is 14.3 Å². The zero-order valence-electron chi connectivity index (χ0n) is 20.5. The lowest BCUT2D eigenvalue weighted by Crippen LogP contribution is -2.34. The molecule has 0 unspecified atom stereocenters. The molecule has 36 heavy (non-hydrogen) atoms. The Morgan fingerprint density at radius 1 is 0.972 bits per heavy atom. The number of anilines is 2. The molecule has 0 spiro atoms. The van der Waals surface area contributed by atoms with Crippen molar-refractivity contribution in [2.45, 2.75) is 30.8 Å². The van der Waals surface area contributed by atoms with E-state index in [0.29, 0.717) is 11.6 Å². The quantitative estimate of drug-likeness (QED) is 0.172. The van der Waals surface area contributed by atoms with Gasteiger partial charge in [0.1, 0.15) is 5.75 Å². The smallest absolute Gasteiger partial charge is 0.307 e. The van der Waals surface area contributed by atoms with Crippen LogP contribution in [-0.2, 0) is 16.1 Å². The number of rotatable bonds is 10. The molecule has 5 nitrogen and oxygen atoms in total. The van der Waals surface area contributed by atoms with Crippen LogP contribution in [0.5, 0.6) is 5.75 Å². The van der Waals surface area contributed by atoms with Gasteiger partial charge in [-0.05, 0) is 73.0 Å². The maximum atomic E-state index is 12.2. The predicted molar refractivity (Wildman–Crippen MR) is 150 cm³/mol. The number of nitrogens with one attached hydrogen (secondary N) is 1. The van der Waals surface area contributed by atoms with Crippen LogP contribution in [0.2, 0.25) is 5.02 Å². The van der Waals surface area contributed by atoms with Gasteiger partial charge in [-0.3, -0.25) is 4.79 Å². The molecule has 0 saturated carbocycles. The number of methoxy groups -OCH3 is 2. The Balaban J connectivity index is 1.68. The first kappa shape index (κ1) is 25.7. The summed E-state index contributed by atoms with van der Waals surface area (Å²) in [4.78, 5) is 15.5. The molecule has 0 heterocycles. The highest BCUT2D eigenvalue weighted by Crippen LogP contribution is 2.36. The van der Waals surface area contributed by atoms with Gasteiger partial charge < -0.3 is 19.1 Å². The molecule has 0 bridgehead atoms. The van der Waals surface area contributed by atoms with E-state index < -0.39 is 0 Å². The Hall–Kier alpha value is -3.35. The van der Waals surface area contributed by atoms with Crippen LogP contribution < -0.4 is 14.4 Å². The van der Waals surface area contributed by atoms with Crippen molar-refractivity contribution in [3.63, 3.8) is 0 Å². The molecule has 0 radical (unpaired) electrons. The second-order valence-corrected chi connectivity index (χ2v) is 9.76. The number of ether oxygens (including phenoxy) is 2. The predicted octanol–water partition coefficient (Wildman–Crippen LogP) is 7.58. The molecule has 7 heteroatoms. The zero-order chi connectivity index (χ0) is 25.5. The number of carbonyl (C=O) groups excluding carboxylic acids is 1. The van der Waals surface area contributed by atoms with Crippen molar-refractivity contribution in [1.29, 1.82) is 0 Å². The molecule has 186 valence electrons. The van der Waals surface area contributed by atoms with Gasteiger partial charge in [-0.1, -0.05) is 48.0 Å². The lowest BCUT2D eigenvalue weighted by Gasteiger charge is -2.32. The molecule has 0 aliphatic heterocycles. The van der Waals surface area contributed by atoms with Crippen LogP contribution in [0.4, 0.5) is 11.4 Å². The molecule has 0 aliphatic carbocycles. The van der Waals surface area contributed by atoms with Crippen LogP contribution in [0, 0.1) is 0 Å². The summed E-state index contributed by atoms with van der Waals surface area (Å²) in [6.45, 7) is 2.65. The molecule has 1 N–H and O–H groups in total. The van der Waals surface area contributed by atoms with Gasteiger partial charge in [0.15, 0.2) is 0 Å². The molecule has 0 fully saturated rings. The minimum Gasteiger partial charge on any atom is -0.497 e. The number of hydrogen-bond acceptors (Lipinski definition) is 6. The van der Waals surface area contributed by atoms with E-state index in [0.717, 1.165) is 38.4 Å². The van der Waals surface area contributed by atoms with Gasteiger partial charge in [-0.15, -0.1) is 0 Å². The van der Waals surface area contributed by atoms with Crippen molar-refractivity contribution in [3.05, 3.63) is 95.5 Å². The fourth-order valence-corrected chi connectivity index (χ4v) is 5.02. The van der Waals surface area contributed by atoms with Crippen LogP contribution in [-0.4, -0.2) is 26.2 Å². The first-order valence-electron chi connectivity index (χ1n) is 11.6. The summed E-state index contributed by atoms with van der Waals surface area (Å²) in [6, 6.07) is 28.2. The summed E-state index contributed by atoms with van der Waals surface area (Å²) in [5.41, 5.74) is 3.13. The largest absolute Gasteiger partial charge is 0.497 e. The van der Waals surface area contributed by atoms with Gasteiger partial charge in [0.2, 0.25) is 0 Å². The Kier molecular flexibility index (Phi) is 8.62. The highest BCUT2D eigenvalue weighted by molar-refractivity contribution is 8.00. The molecule has 0 aliphatic rings. The molecule has 1 atom stereocenters. The second kappa shape index (κ2) is 12.1. The third-order valence-corrected chi connectivity index (χ3v) is 7.08. The minimum absolute atomic E-state index is 0.0904. The van der Waals surface area contributed by atoms with Gasteiger partial charge in [0, 0.05) is 39.0 Å². The molecule has 0 saturated heterocycles. The highest BCUT2D eigenvalue weighted by Gasteiger charge is 2.21. The summed E-state index contributed by atoms with van der Waals surface area (Å²) in [6.07, 6.45) is 0.277. The fraction of sp³-hybridized carbons (Fsp3) is 0.207. The number of nitrogens with zero attached hydrogens (tertiary/aromatic N) is 1. The Morgan fingerprint density at radius 2 is 1.72 bits per heavy atom. The molecular formula is C29H29ClN2O3S. The van der Waals surface area contributed by atoms with Crippen molar-refractivity contribution in [2.24, 2.45) is 0 Å². The van der Waals surface area contributed by atoms with E-state index in [1.54, 1.807) is 19.1 Å². The molecule has 4 aromatic carbocycles. The Bertz CT molecular complexity index is 1330.